The Morgan fingerprint density at radius 3 is 2.70 bits per heavy atom. The number of pyridine rings is 2. The third-order valence-electron chi connectivity index (χ3n) is 5.16. The zero-order valence-electron chi connectivity index (χ0n) is 14.9. The predicted octanol–water partition coefficient (Wildman–Crippen LogP) is 2.71. The van der Waals surface area contributed by atoms with Crippen molar-refractivity contribution in [3.05, 3.63) is 30.6 Å². The maximum Gasteiger partial charge on any atom is 0.171 e. The second-order valence-electron chi connectivity index (χ2n) is 7.01. The molecule has 0 bridgehead atoms. The molecule has 3 aromatic rings. The van der Waals surface area contributed by atoms with Crippen LogP contribution in [-0.4, -0.2) is 60.4 Å². The van der Waals surface area contributed by atoms with Crippen molar-refractivity contribution >= 4 is 33.2 Å². The number of hydrogen-bond donors (Lipinski definition) is 1. The molecule has 2 saturated heterocycles. The number of piperazine rings is 1. The molecule has 8 heteroatoms. The molecule has 27 heavy (non-hydrogen) atoms. The summed E-state index contributed by atoms with van der Waals surface area (Å²) in [6.45, 7) is 5.18. The lowest BCUT2D eigenvalue weighted by Gasteiger charge is -2.28. The molecule has 1 unspecified atom stereocenters. The van der Waals surface area contributed by atoms with Gasteiger partial charge < -0.3 is 15.1 Å². The first-order valence-corrected chi connectivity index (χ1v) is 10.2. The minimum atomic E-state index is -0.744. The van der Waals surface area contributed by atoms with Crippen LogP contribution in [0.15, 0.2) is 30.6 Å². The highest BCUT2D eigenvalue weighted by Gasteiger charge is 2.22. The Balaban J connectivity index is 1.39. The number of thiazole rings is 1. The number of anilines is 2. The summed E-state index contributed by atoms with van der Waals surface area (Å²) in [5.41, 5.74) is 2.90. The second kappa shape index (κ2) is 7.01. The van der Waals surface area contributed by atoms with E-state index in [2.05, 4.69) is 31.2 Å². The summed E-state index contributed by atoms with van der Waals surface area (Å²) in [6.07, 6.45) is 3.59. The van der Waals surface area contributed by atoms with E-state index in [4.69, 9.17) is 0 Å². The van der Waals surface area contributed by atoms with Crippen molar-refractivity contribution in [3.63, 3.8) is 0 Å². The van der Waals surface area contributed by atoms with Gasteiger partial charge in [-0.15, -0.1) is 11.3 Å². The van der Waals surface area contributed by atoms with E-state index in [1.54, 1.807) is 11.3 Å². The van der Waals surface area contributed by atoms with Crippen LogP contribution in [0, 0.1) is 0 Å². The van der Waals surface area contributed by atoms with Crippen LogP contribution in [0.1, 0.15) is 6.42 Å². The van der Waals surface area contributed by atoms with Gasteiger partial charge in [0.1, 0.15) is 17.0 Å². The normalized spacial score (nSPS) is 20.6. The predicted molar refractivity (Wildman–Crippen MR) is 107 cm³/mol. The molecule has 2 aliphatic heterocycles. The van der Waals surface area contributed by atoms with Crippen molar-refractivity contribution in [1.82, 2.24) is 20.3 Å². The summed E-state index contributed by atoms with van der Waals surface area (Å²) in [4.78, 5) is 18.1. The van der Waals surface area contributed by atoms with Gasteiger partial charge >= 0.3 is 0 Å². The molecule has 1 atom stereocenters. The number of rotatable bonds is 3. The third kappa shape index (κ3) is 3.35. The minimum absolute atomic E-state index is 0.437. The third-order valence-corrected chi connectivity index (χ3v) is 6.20. The van der Waals surface area contributed by atoms with Crippen LogP contribution in [0.3, 0.4) is 0 Å². The average Bonchev–Trinajstić information content (AvgIpc) is 3.34. The molecule has 2 aliphatic rings. The molecule has 0 aromatic carbocycles. The smallest absolute Gasteiger partial charge is 0.171 e. The number of hydrogen-bond acceptors (Lipinski definition) is 7. The fourth-order valence-electron chi connectivity index (χ4n) is 3.65. The van der Waals surface area contributed by atoms with Gasteiger partial charge in [0, 0.05) is 44.5 Å². The van der Waals surface area contributed by atoms with Gasteiger partial charge in [0.25, 0.3) is 0 Å². The van der Waals surface area contributed by atoms with Crippen molar-refractivity contribution in [2.24, 2.45) is 0 Å². The van der Waals surface area contributed by atoms with E-state index in [-0.39, 0.29) is 0 Å². The zero-order chi connectivity index (χ0) is 18.2. The number of fused-ring (bicyclic) bond motifs is 1. The molecular formula is C19H21FN6S. The summed E-state index contributed by atoms with van der Waals surface area (Å²) in [6, 6.07) is 6.16. The van der Waals surface area contributed by atoms with Crippen molar-refractivity contribution < 1.29 is 4.39 Å². The quantitative estimate of drug-likeness (QED) is 0.749. The highest BCUT2D eigenvalue weighted by atomic mass is 32.1. The van der Waals surface area contributed by atoms with Gasteiger partial charge in [0.05, 0.1) is 23.1 Å². The summed E-state index contributed by atoms with van der Waals surface area (Å²) >= 11 is 1.64. The van der Waals surface area contributed by atoms with E-state index in [0.717, 1.165) is 65.1 Å². The fraction of sp³-hybridized carbons (Fsp3) is 0.421. The highest BCUT2D eigenvalue weighted by molar-refractivity contribution is 7.21. The Morgan fingerprint density at radius 1 is 1.07 bits per heavy atom. The van der Waals surface area contributed by atoms with E-state index >= 15 is 0 Å². The summed E-state index contributed by atoms with van der Waals surface area (Å²) in [7, 11) is 0. The van der Waals surface area contributed by atoms with E-state index < -0.39 is 6.17 Å². The molecule has 140 valence electrons. The number of nitrogens with one attached hydrogen (secondary N) is 1. The molecule has 3 aromatic heterocycles. The molecule has 6 nitrogen and oxygen atoms in total. The Hall–Kier alpha value is -2.32. The fourth-order valence-corrected chi connectivity index (χ4v) is 4.60. The zero-order valence-corrected chi connectivity index (χ0v) is 15.8. The summed E-state index contributed by atoms with van der Waals surface area (Å²) < 4.78 is 14.5. The van der Waals surface area contributed by atoms with Gasteiger partial charge in [-0.1, -0.05) is 0 Å². The highest BCUT2D eigenvalue weighted by Crippen LogP contribution is 2.32. The first-order valence-electron chi connectivity index (χ1n) is 9.34. The summed E-state index contributed by atoms with van der Waals surface area (Å²) in [5.74, 6) is 0.833. The minimum Gasteiger partial charge on any atom is -0.368 e. The van der Waals surface area contributed by atoms with Crippen LogP contribution < -0.4 is 15.1 Å². The lowest BCUT2D eigenvalue weighted by Crippen LogP contribution is -2.43. The molecule has 0 saturated carbocycles. The van der Waals surface area contributed by atoms with Gasteiger partial charge in [-0.25, -0.2) is 19.3 Å². The largest absolute Gasteiger partial charge is 0.368 e. The van der Waals surface area contributed by atoms with E-state index in [1.807, 2.05) is 29.4 Å². The molecule has 2 fully saturated rings. The Kier molecular flexibility index (Phi) is 4.37. The topological polar surface area (TPSA) is 57.2 Å². The Labute approximate surface area is 161 Å². The number of halogens is 1. The lowest BCUT2D eigenvalue weighted by molar-refractivity contribution is 0.364. The van der Waals surface area contributed by atoms with Gasteiger partial charge in [0.15, 0.2) is 5.65 Å². The van der Waals surface area contributed by atoms with Gasteiger partial charge in [-0.3, -0.25) is 0 Å². The van der Waals surface area contributed by atoms with Crippen LogP contribution in [-0.2, 0) is 0 Å². The van der Waals surface area contributed by atoms with Gasteiger partial charge in [0.2, 0.25) is 0 Å². The van der Waals surface area contributed by atoms with Crippen LogP contribution in [0.4, 0.5) is 15.9 Å². The molecule has 0 radical (unpaired) electrons. The van der Waals surface area contributed by atoms with Crippen molar-refractivity contribution in [3.8, 4) is 10.6 Å². The first kappa shape index (κ1) is 16.8. The van der Waals surface area contributed by atoms with Gasteiger partial charge in [-0.2, -0.15) is 0 Å². The maximum atomic E-state index is 13.4. The monoisotopic (exact) mass is 384 g/mol. The van der Waals surface area contributed by atoms with E-state index in [0.29, 0.717) is 13.0 Å². The molecule has 5 rings (SSSR count). The van der Waals surface area contributed by atoms with E-state index in [9.17, 15) is 4.39 Å². The second-order valence-corrected chi connectivity index (χ2v) is 8.04. The Bertz CT molecular complexity index is 937. The van der Waals surface area contributed by atoms with Crippen LogP contribution in [0.2, 0.25) is 0 Å². The SMILES string of the molecule is FC1CCN(c2ccc(-c3nc4ncc(N5CCNCC5)cc4s3)cn2)C1. The van der Waals surface area contributed by atoms with Gasteiger partial charge in [-0.05, 0) is 24.6 Å². The molecular weight excluding hydrogens is 363 g/mol. The van der Waals surface area contributed by atoms with E-state index in [1.165, 1.54) is 0 Å². The molecule has 0 aliphatic carbocycles. The first-order chi connectivity index (χ1) is 13.3. The van der Waals surface area contributed by atoms with Crippen LogP contribution in [0.5, 0.6) is 0 Å². The molecule has 0 spiro atoms. The number of nitrogens with zero attached hydrogens (tertiary/aromatic N) is 5. The average molecular weight is 384 g/mol. The lowest BCUT2D eigenvalue weighted by atomic mass is 10.3. The van der Waals surface area contributed by atoms with Crippen molar-refractivity contribution in [1.29, 1.82) is 0 Å². The van der Waals surface area contributed by atoms with Crippen LogP contribution >= 0.6 is 11.3 Å². The summed E-state index contributed by atoms with van der Waals surface area (Å²) in [5, 5.41) is 4.29. The molecule has 1 N–H and O–H groups in total. The van der Waals surface area contributed by atoms with Crippen molar-refractivity contribution in [2.75, 3.05) is 49.1 Å². The Morgan fingerprint density at radius 2 is 1.96 bits per heavy atom. The number of aromatic nitrogens is 3. The molecule has 5 heterocycles. The molecule has 0 amide bonds. The van der Waals surface area contributed by atoms with Crippen LogP contribution in [0.25, 0.3) is 20.9 Å². The standard InChI is InChI=1S/C19H21FN6S/c20-14-3-6-26(12-14)17-2-1-13(10-22-17)19-24-18-16(27-19)9-15(11-23-18)25-7-4-21-5-8-25/h1-2,9-11,14,21H,3-8,12H2. The maximum absolute atomic E-state index is 13.4. The number of alkyl halides is 1. The van der Waals surface area contributed by atoms with Crippen molar-refractivity contribution in [2.45, 2.75) is 12.6 Å².